The predicted molar refractivity (Wildman–Crippen MR) is 50.9 cm³/mol. The van der Waals surface area contributed by atoms with Crippen molar-refractivity contribution in [3.63, 3.8) is 0 Å². The topological polar surface area (TPSA) is 22.1 Å². The lowest BCUT2D eigenvalue weighted by molar-refractivity contribution is 0.368. The summed E-state index contributed by atoms with van der Waals surface area (Å²) in [5.74, 6) is 6.28. The summed E-state index contributed by atoms with van der Waals surface area (Å²) in [6.45, 7) is 2.20. The Hall–Kier alpha value is -1.01. The molecule has 12 heavy (non-hydrogen) atoms. The minimum absolute atomic E-state index is 0.416. The monoisotopic (exact) mass is 225 g/mol. The van der Waals surface area contributed by atoms with Gasteiger partial charge in [0, 0.05) is 0 Å². The van der Waals surface area contributed by atoms with E-state index in [1.54, 1.807) is 13.1 Å². The van der Waals surface area contributed by atoms with Crippen LogP contribution in [0.3, 0.4) is 0 Å². The minimum Gasteiger partial charge on any atom is -0.479 e. The van der Waals surface area contributed by atoms with Crippen LogP contribution in [0.4, 0.5) is 0 Å². The van der Waals surface area contributed by atoms with Crippen LogP contribution in [0, 0.1) is 11.8 Å². The lowest BCUT2D eigenvalue weighted by atomic mass is 10.5. The van der Waals surface area contributed by atoms with E-state index in [2.05, 4.69) is 32.8 Å². The highest BCUT2D eigenvalue weighted by Crippen LogP contribution is 2.11. The standard InChI is InChI=1S/C9H8BrNO/c1-2-3-6-12-8-4-5-9(10)11-7-8/h4-5,7H,6H2,1H3. The molecule has 0 spiro atoms. The normalized spacial score (nSPS) is 8.50. The van der Waals surface area contributed by atoms with Crippen molar-refractivity contribution in [3.8, 4) is 17.6 Å². The van der Waals surface area contributed by atoms with Gasteiger partial charge in [-0.05, 0) is 35.0 Å². The summed E-state index contributed by atoms with van der Waals surface area (Å²) in [7, 11) is 0. The van der Waals surface area contributed by atoms with Gasteiger partial charge < -0.3 is 4.74 Å². The van der Waals surface area contributed by atoms with E-state index in [9.17, 15) is 0 Å². The summed E-state index contributed by atoms with van der Waals surface area (Å²) >= 11 is 3.23. The second-order valence-electron chi connectivity index (χ2n) is 2.03. The molecule has 62 valence electrons. The van der Waals surface area contributed by atoms with Crippen molar-refractivity contribution < 1.29 is 4.74 Å². The summed E-state index contributed by atoms with van der Waals surface area (Å²) in [5, 5.41) is 0. The zero-order valence-electron chi connectivity index (χ0n) is 6.67. The van der Waals surface area contributed by atoms with Crippen LogP contribution in [-0.2, 0) is 0 Å². The minimum atomic E-state index is 0.416. The number of nitrogens with zero attached hydrogens (tertiary/aromatic N) is 1. The Morgan fingerprint density at radius 1 is 1.58 bits per heavy atom. The third-order valence-corrected chi connectivity index (χ3v) is 1.66. The fourth-order valence-corrected chi connectivity index (χ4v) is 0.874. The number of rotatable bonds is 2. The van der Waals surface area contributed by atoms with Crippen molar-refractivity contribution in [2.24, 2.45) is 0 Å². The van der Waals surface area contributed by atoms with Crippen molar-refractivity contribution in [1.29, 1.82) is 0 Å². The van der Waals surface area contributed by atoms with Crippen LogP contribution >= 0.6 is 15.9 Å². The highest BCUT2D eigenvalue weighted by Gasteiger charge is 1.91. The van der Waals surface area contributed by atoms with Gasteiger partial charge in [0.2, 0.25) is 0 Å². The van der Waals surface area contributed by atoms with Crippen molar-refractivity contribution in [2.45, 2.75) is 6.92 Å². The molecule has 1 heterocycles. The first-order chi connectivity index (χ1) is 5.83. The van der Waals surface area contributed by atoms with E-state index < -0.39 is 0 Å². The molecule has 1 aromatic heterocycles. The predicted octanol–water partition coefficient (Wildman–Crippen LogP) is 2.25. The summed E-state index contributed by atoms with van der Waals surface area (Å²) in [5.41, 5.74) is 0. The van der Waals surface area contributed by atoms with Crippen LogP contribution in [0.2, 0.25) is 0 Å². The van der Waals surface area contributed by atoms with Crippen LogP contribution in [0.15, 0.2) is 22.9 Å². The highest BCUT2D eigenvalue weighted by atomic mass is 79.9. The Morgan fingerprint density at radius 3 is 3.00 bits per heavy atom. The van der Waals surface area contributed by atoms with Gasteiger partial charge in [0.25, 0.3) is 0 Å². The molecule has 0 bridgehead atoms. The van der Waals surface area contributed by atoms with E-state index in [0.29, 0.717) is 6.61 Å². The van der Waals surface area contributed by atoms with E-state index in [1.807, 2.05) is 12.1 Å². The fraction of sp³-hybridized carbons (Fsp3) is 0.222. The van der Waals surface area contributed by atoms with Crippen molar-refractivity contribution >= 4 is 15.9 Å². The fourth-order valence-electron chi connectivity index (χ4n) is 0.639. The average molecular weight is 226 g/mol. The molecule has 0 radical (unpaired) electrons. The summed E-state index contributed by atoms with van der Waals surface area (Å²) in [6.07, 6.45) is 1.65. The van der Waals surface area contributed by atoms with Gasteiger partial charge in [-0.3, -0.25) is 0 Å². The van der Waals surface area contributed by atoms with E-state index in [4.69, 9.17) is 4.74 Å². The van der Waals surface area contributed by atoms with Crippen LogP contribution < -0.4 is 4.74 Å². The van der Waals surface area contributed by atoms with Gasteiger partial charge in [-0.1, -0.05) is 5.92 Å². The number of aromatic nitrogens is 1. The van der Waals surface area contributed by atoms with E-state index >= 15 is 0 Å². The number of halogens is 1. The second-order valence-corrected chi connectivity index (χ2v) is 2.84. The number of hydrogen-bond donors (Lipinski definition) is 0. The smallest absolute Gasteiger partial charge is 0.149 e. The number of hydrogen-bond acceptors (Lipinski definition) is 2. The Bertz CT molecular complexity index is 297. The number of ether oxygens (including phenoxy) is 1. The van der Waals surface area contributed by atoms with Crippen LogP contribution in [0.1, 0.15) is 6.92 Å². The maximum Gasteiger partial charge on any atom is 0.149 e. The zero-order valence-corrected chi connectivity index (χ0v) is 8.26. The van der Waals surface area contributed by atoms with Gasteiger partial charge >= 0.3 is 0 Å². The molecule has 0 aliphatic heterocycles. The molecule has 0 aromatic carbocycles. The van der Waals surface area contributed by atoms with Crippen molar-refractivity contribution in [1.82, 2.24) is 4.98 Å². The first kappa shape index (κ1) is 9.08. The molecule has 0 aliphatic rings. The molecule has 0 saturated carbocycles. The second kappa shape index (κ2) is 4.78. The molecule has 0 atom stereocenters. The summed E-state index contributed by atoms with van der Waals surface area (Å²) in [6, 6.07) is 3.67. The molecule has 0 aliphatic carbocycles. The van der Waals surface area contributed by atoms with Gasteiger partial charge in [0.05, 0.1) is 6.20 Å². The highest BCUT2D eigenvalue weighted by molar-refractivity contribution is 9.10. The SMILES string of the molecule is CC#CCOc1ccc(Br)nc1. The first-order valence-electron chi connectivity index (χ1n) is 3.47. The lowest BCUT2D eigenvalue weighted by Gasteiger charge is -1.99. The van der Waals surface area contributed by atoms with Crippen LogP contribution in [0.25, 0.3) is 0 Å². The molecule has 2 nitrogen and oxygen atoms in total. The van der Waals surface area contributed by atoms with Crippen LogP contribution in [-0.4, -0.2) is 11.6 Å². The van der Waals surface area contributed by atoms with E-state index in [0.717, 1.165) is 10.4 Å². The summed E-state index contributed by atoms with van der Waals surface area (Å²) < 4.78 is 6.05. The van der Waals surface area contributed by atoms with E-state index in [-0.39, 0.29) is 0 Å². The Labute approximate surface area is 80.1 Å². The quantitative estimate of drug-likeness (QED) is 0.569. The van der Waals surface area contributed by atoms with E-state index in [1.165, 1.54) is 0 Å². The lowest BCUT2D eigenvalue weighted by Crippen LogP contribution is -1.93. The molecular weight excluding hydrogens is 218 g/mol. The largest absolute Gasteiger partial charge is 0.479 e. The first-order valence-corrected chi connectivity index (χ1v) is 4.26. The molecule has 1 rings (SSSR count). The average Bonchev–Trinajstić information content (AvgIpc) is 2.09. The molecule has 0 saturated heterocycles. The maximum atomic E-state index is 5.24. The van der Waals surface area contributed by atoms with Gasteiger partial charge in [-0.2, -0.15) is 0 Å². The van der Waals surface area contributed by atoms with Gasteiger partial charge in [-0.15, -0.1) is 5.92 Å². The molecule has 3 heteroatoms. The van der Waals surface area contributed by atoms with Crippen molar-refractivity contribution in [3.05, 3.63) is 22.9 Å². The van der Waals surface area contributed by atoms with Crippen molar-refractivity contribution in [2.75, 3.05) is 6.61 Å². The van der Waals surface area contributed by atoms with Gasteiger partial charge in [0.15, 0.2) is 0 Å². The van der Waals surface area contributed by atoms with Gasteiger partial charge in [-0.25, -0.2) is 4.98 Å². The maximum absolute atomic E-state index is 5.24. The Morgan fingerprint density at radius 2 is 2.42 bits per heavy atom. The molecule has 0 fully saturated rings. The Kier molecular flexibility index (Phi) is 3.62. The molecule has 0 unspecified atom stereocenters. The van der Waals surface area contributed by atoms with Gasteiger partial charge in [0.1, 0.15) is 17.0 Å². The summed E-state index contributed by atoms with van der Waals surface area (Å²) in [4.78, 5) is 4.00. The molecule has 1 aromatic rings. The number of pyridine rings is 1. The molecule has 0 N–H and O–H groups in total. The third kappa shape index (κ3) is 2.93. The zero-order chi connectivity index (χ0) is 8.81. The molecule has 0 amide bonds. The third-order valence-electron chi connectivity index (χ3n) is 1.19. The Balaban J connectivity index is 2.51. The molecular formula is C9H8BrNO. The van der Waals surface area contributed by atoms with Crippen LogP contribution in [0.5, 0.6) is 5.75 Å².